The van der Waals surface area contributed by atoms with Crippen LogP contribution in [0.3, 0.4) is 0 Å². The summed E-state index contributed by atoms with van der Waals surface area (Å²) in [6, 6.07) is 8.86. The fourth-order valence-electron chi connectivity index (χ4n) is 1.50. The third-order valence-corrected chi connectivity index (χ3v) is 2.26. The van der Waals surface area contributed by atoms with Crippen LogP contribution in [0.4, 0.5) is 0 Å². The number of carbonyl (C=O) groups is 1. The van der Waals surface area contributed by atoms with Gasteiger partial charge in [0.25, 0.3) is 5.78 Å². The zero-order valence-electron chi connectivity index (χ0n) is 8.30. The van der Waals surface area contributed by atoms with Gasteiger partial charge in [-0.25, -0.2) is 0 Å². The number of hydrazone groups is 1. The van der Waals surface area contributed by atoms with Crippen molar-refractivity contribution in [1.29, 1.82) is 0 Å². The lowest BCUT2D eigenvalue weighted by Crippen LogP contribution is -2.22. The van der Waals surface area contributed by atoms with Crippen molar-refractivity contribution in [3.8, 4) is 0 Å². The van der Waals surface area contributed by atoms with Crippen molar-refractivity contribution >= 4 is 17.2 Å². The summed E-state index contributed by atoms with van der Waals surface area (Å²) in [5.74, 6) is -0.265. The lowest BCUT2D eigenvalue weighted by atomic mass is 10.0. The highest BCUT2D eigenvalue weighted by molar-refractivity contribution is 6.69. The summed E-state index contributed by atoms with van der Waals surface area (Å²) >= 11 is 0. The van der Waals surface area contributed by atoms with Gasteiger partial charge in [0, 0.05) is 5.10 Å². The molecule has 2 rings (SSSR count). The second kappa shape index (κ2) is 3.65. The van der Waals surface area contributed by atoms with Crippen LogP contribution >= 0.6 is 0 Å². The molecule has 0 bridgehead atoms. The number of ketones is 1. The molecule has 1 aliphatic rings. The number of hydrogen-bond acceptors (Lipinski definition) is 3. The van der Waals surface area contributed by atoms with Gasteiger partial charge in [-0.1, -0.05) is 25.1 Å². The number of Topliss-reactive ketones (excluding diaryl/α,β-unsaturated/α-hetero) is 1. The van der Waals surface area contributed by atoms with E-state index in [9.17, 15) is 10.0 Å². The third-order valence-electron chi connectivity index (χ3n) is 2.26. The third kappa shape index (κ3) is 1.54. The average Bonchev–Trinajstić information content (AvgIpc) is 2.55. The van der Waals surface area contributed by atoms with E-state index in [0.717, 1.165) is 0 Å². The minimum atomic E-state index is -0.265. The van der Waals surface area contributed by atoms with Crippen molar-refractivity contribution in [2.24, 2.45) is 5.10 Å². The molecule has 1 aromatic rings. The molecule has 0 N–H and O–H groups in total. The predicted molar refractivity (Wildman–Crippen MR) is 56.9 cm³/mol. The Hall–Kier alpha value is -1.97. The minimum Gasteiger partial charge on any atom is -0.594 e. The first-order valence-corrected chi connectivity index (χ1v) is 4.76. The Bertz CT molecular complexity index is 461. The lowest BCUT2D eigenvalue weighted by Gasteiger charge is -1.96. The first-order valence-electron chi connectivity index (χ1n) is 4.76. The average molecular weight is 202 g/mol. The fraction of sp³-hybridized carbons (Fsp3) is 0.182. The zero-order chi connectivity index (χ0) is 10.8. The molecule has 0 saturated heterocycles. The number of carbonyl (C=O) groups excluding carboxylic acids is 1. The van der Waals surface area contributed by atoms with Crippen LogP contribution in [0, 0.1) is 5.21 Å². The van der Waals surface area contributed by atoms with Crippen molar-refractivity contribution in [2.75, 3.05) is 0 Å². The van der Waals surface area contributed by atoms with E-state index in [1.807, 2.05) is 6.07 Å². The van der Waals surface area contributed by atoms with E-state index in [1.54, 1.807) is 31.2 Å². The van der Waals surface area contributed by atoms with E-state index in [-0.39, 0.29) is 11.5 Å². The zero-order valence-corrected chi connectivity index (χ0v) is 8.30. The Balaban J connectivity index is 2.43. The van der Waals surface area contributed by atoms with E-state index in [0.29, 0.717) is 22.5 Å². The van der Waals surface area contributed by atoms with Crippen LogP contribution in [0.2, 0.25) is 0 Å². The largest absolute Gasteiger partial charge is 0.594 e. The molecule has 0 fully saturated rings. The van der Waals surface area contributed by atoms with Crippen molar-refractivity contribution in [2.45, 2.75) is 13.3 Å². The van der Waals surface area contributed by atoms with Crippen molar-refractivity contribution < 1.29 is 9.64 Å². The summed E-state index contributed by atoms with van der Waals surface area (Å²) < 4.78 is 0. The van der Waals surface area contributed by atoms with Gasteiger partial charge in [-0.2, -0.15) is 0 Å². The number of hydrogen-bond donors (Lipinski definition) is 0. The molecule has 15 heavy (non-hydrogen) atoms. The fourth-order valence-corrected chi connectivity index (χ4v) is 1.50. The first-order chi connectivity index (χ1) is 7.24. The standard InChI is InChI=1S/C11H10N2O2/c1-2-9-11(14)10(13(15)12-9)8-6-4-3-5-7-8/h3-7H,2H2,1H3. The summed E-state index contributed by atoms with van der Waals surface area (Å²) in [6.45, 7) is 1.80. The van der Waals surface area contributed by atoms with E-state index in [1.165, 1.54) is 0 Å². The van der Waals surface area contributed by atoms with Gasteiger partial charge in [0.15, 0.2) is 5.71 Å². The van der Waals surface area contributed by atoms with E-state index >= 15 is 0 Å². The van der Waals surface area contributed by atoms with E-state index < -0.39 is 0 Å². The molecule has 0 radical (unpaired) electrons. The molecule has 0 saturated carbocycles. The van der Waals surface area contributed by atoms with E-state index in [2.05, 4.69) is 5.10 Å². The van der Waals surface area contributed by atoms with Gasteiger partial charge in [0.2, 0.25) is 0 Å². The molecule has 0 atom stereocenters. The van der Waals surface area contributed by atoms with Crippen LogP contribution in [-0.2, 0) is 4.79 Å². The molecule has 0 spiro atoms. The SMILES string of the molecule is CCC1=N[N+]([O-])=C(c2ccccc2)C1=O. The molecule has 1 heterocycles. The number of rotatable bonds is 2. The second-order valence-corrected chi connectivity index (χ2v) is 3.22. The van der Waals surface area contributed by atoms with Gasteiger partial charge in [-0.15, -0.1) is 0 Å². The van der Waals surface area contributed by atoms with Gasteiger partial charge in [-0.05, 0) is 23.4 Å². The summed E-state index contributed by atoms with van der Waals surface area (Å²) in [5, 5.41) is 15.1. The predicted octanol–water partition coefficient (Wildman–Crippen LogP) is 1.33. The van der Waals surface area contributed by atoms with Crippen molar-refractivity contribution in [3.63, 3.8) is 0 Å². The summed E-state index contributed by atoms with van der Waals surface area (Å²) in [7, 11) is 0. The topological polar surface area (TPSA) is 55.5 Å². The summed E-state index contributed by atoms with van der Waals surface area (Å²) in [4.78, 5) is 12.2. The van der Waals surface area contributed by atoms with Crippen LogP contribution in [0.25, 0.3) is 0 Å². The Morgan fingerprint density at radius 2 is 2.00 bits per heavy atom. The smallest absolute Gasteiger partial charge is 0.301 e. The molecule has 1 aromatic carbocycles. The summed E-state index contributed by atoms with van der Waals surface area (Å²) in [5.41, 5.74) is 1.06. The van der Waals surface area contributed by atoms with Crippen LogP contribution in [-0.4, -0.2) is 22.1 Å². The highest BCUT2D eigenvalue weighted by atomic mass is 16.5. The molecule has 4 heteroatoms. The molecule has 1 aliphatic heterocycles. The first kappa shape index (κ1) is 9.58. The lowest BCUT2D eigenvalue weighted by molar-refractivity contribution is -0.458. The highest BCUT2D eigenvalue weighted by Crippen LogP contribution is 2.09. The molecule has 0 unspecified atom stereocenters. The Kier molecular flexibility index (Phi) is 2.33. The molecule has 0 aromatic heterocycles. The van der Waals surface area contributed by atoms with Crippen LogP contribution in [0.15, 0.2) is 35.4 Å². The minimum absolute atomic E-state index is 0.118. The van der Waals surface area contributed by atoms with Crippen molar-refractivity contribution in [1.82, 2.24) is 0 Å². The van der Waals surface area contributed by atoms with Crippen LogP contribution in [0.5, 0.6) is 0 Å². The Labute approximate surface area is 87.1 Å². The number of benzene rings is 1. The maximum absolute atomic E-state index is 11.7. The normalized spacial score (nSPS) is 15.8. The second-order valence-electron chi connectivity index (χ2n) is 3.22. The molecular formula is C11H10N2O2. The molecule has 4 nitrogen and oxygen atoms in total. The van der Waals surface area contributed by atoms with Gasteiger partial charge in [-0.3, -0.25) is 4.79 Å². The highest BCUT2D eigenvalue weighted by Gasteiger charge is 2.33. The van der Waals surface area contributed by atoms with Gasteiger partial charge in [0.05, 0.1) is 5.56 Å². The summed E-state index contributed by atoms with van der Waals surface area (Å²) in [6.07, 6.45) is 0.480. The van der Waals surface area contributed by atoms with Crippen LogP contribution < -0.4 is 0 Å². The molecular weight excluding hydrogens is 192 g/mol. The Morgan fingerprint density at radius 1 is 1.33 bits per heavy atom. The van der Waals surface area contributed by atoms with Crippen molar-refractivity contribution in [3.05, 3.63) is 41.1 Å². The molecule has 0 amide bonds. The van der Waals surface area contributed by atoms with E-state index in [4.69, 9.17) is 0 Å². The maximum Gasteiger partial charge on any atom is 0.301 e. The molecule has 76 valence electrons. The van der Waals surface area contributed by atoms with Gasteiger partial charge < -0.3 is 5.21 Å². The van der Waals surface area contributed by atoms with Gasteiger partial charge in [0.1, 0.15) is 0 Å². The van der Waals surface area contributed by atoms with Gasteiger partial charge >= 0.3 is 5.71 Å². The quantitative estimate of drug-likeness (QED) is 0.536. The Morgan fingerprint density at radius 3 is 2.53 bits per heavy atom. The number of nitrogens with zero attached hydrogens (tertiary/aromatic N) is 2. The van der Waals surface area contributed by atoms with Crippen LogP contribution in [0.1, 0.15) is 18.9 Å². The molecule has 0 aliphatic carbocycles. The maximum atomic E-state index is 11.7. The monoisotopic (exact) mass is 202 g/mol.